The molecule has 0 aliphatic carbocycles. The summed E-state index contributed by atoms with van der Waals surface area (Å²) in [4.78, 5) is 15.4. The van der Waals surface area contributed by atoms with Crippen molar-refractivity contribution >= 4 is 66.5 Å². The van der Waals surface area contributed by atoms with Crippen LogP contribution in [0.25, 0.3) is 117 Å². The summed E-state index contributed by atoms with van der Waals surface area (Å²) < 4.78 is 4.84. The minimum Gasteiger partial charge on any atom is -0.309 e. The van der Waals surface area contributed by atoms with Gasteiger partial charge in [-0.1, -0.05) is 237 Å². The first kappa shape index (κ1) is 44.0. The summed E-state index contributed by atoms with van der Waals surface area (Å²) in [5.74, 6) is 1.64. The second-order valence-electron chi connectivity index (χ2n) is 18.5. The van der Waals surface area contributed by atoms with Gasteiger partial charge in [-0.2, -0.15) is 0 Å². The van der Waals surface area contributed by atoms with Crippen LogP contribution < -0.4 is 0 Å². The number of hydrogen-bond donors (Lipinski definition) is 0. The van der Waals surface area contributed by atoms with E-state index >= 15 is 0 Å². The zero-order chi connectivity index (χ0) is 49.4. The zero-order valence-electron chi connectivity index (χ0n) is 40.4. The maximum absolute atomic E-state index is 5.17. The summed E-state index contributed by atoms with van der Waals surface area (Å²) in [5.41, 5.74) is 16.5. The fourth-order valence-electron chi connectivity index (χ4n) is 10.4. The Morgan fingerprint density at radius 1 is 0.365 bits per heavy atom. The second kappa shape index (κ2) is 19.0. The van der Waals surface area contributed by atoms with E-state index in [1.807, 2.05) is 60.7 Å². The van der Waals surface area contributed by atoms with Crippen LogP contribution in [0.5, 0.6) is 0 Å². The molecule has 0 N–H and O–H groups in total. The molecule has 3 aromatic heterocycles. The quantitative estimate of drug-likeness (QED) is 0.121. The number of rotatable bonds is 11. The molecule has 0 bridgehead atoms. The van der Waals surface area contributed by atoms with Crippen LogP contribution in [0, 0.1) is 0 Å². The number of allylic oxidation sites excluding steroid dienone is 4. The normalized spacial score (nSPS) is 12.0. The van der Waals surface area contributed by atoms with Gasteiger partial charge >= 0.3 is 0 Å². The molecule has 10 aromatic carbocycles. The van der Waals surface area contributed by atoms with Gasteiger partial charge in [0.1, 0.15) is 0 Å². The Morgan fingerprint density at radius 3 is 1.31 bits per heavy atom. The summed E-state index contributed by atoms with van der Waals surface area (Å²) in [6, 6.07) is 92.0. The Bertz CT molecular complexity index is 4150. The molecule has 5 nitrogen and oxygen atoms in total. The zero-order valence-corrected chi connectivity index (χ0v) is 40.4. The number of para-hydroxylation sites is 3. The lowest BCUT2D eigenvalue weighted by Crippen LogP contribution is -2.04. The molecule has 0 saturated carbocycles. The van der Waals surface area contributed by atoms with Gasteiger partial charge in [0, 0.05) is 49.5 Å². The number of fused-ring (bicyclic) bond motifs is 6. The minimum absolute atomic E-state index is 0.485. The van der Waals surface area contributed by atoms with E-state index in [1.165, 1.54) is 16.3 Å². The van der Waals surface area contributed by atoms with Crippen molar-refractivity contribution in [2.24, 2.45) is 0 Å². The molecule has 0 aliphatic rings. The van der Waals surface area contributed by atoms with Gasteiger partial charge in [0.15, 0.2) is 17.5 Å². The third kappa shape index (κ3) is 8.18. The average molecular weight is 946 g/mol. The fourth-order valence-corrected chi connectivity index (χ4v) is 10.4. The largest absolute Gasteiger partial charge is 0.309 e. The summed E-state index contributed by atoms with van der Waals surface area (Å²) in [6.45, 7) is 4.80. The maximum atomic E-state index is 5.17. The van der Waals surface area contributed by atoms with Gasteiger partial charge < -0.3 is 9.13 Å². The van der Waals surface area contributed by atoms with Crippen LogP contribution in [0.3, 0.4) is 0 Å². The third-order valence-corrected chi connectivity index (χ3v) is 13.9. The highest BCUT2D eigenvalue weighted by molar-refractivity contribution is 6.18. The first-order valence-corrected chi connectivity index (χ1v) is 24.9. The predicted molar refractivity (Wildman–Crippen MR) is 309 cm³/mol. The van der Waals surface area contributed by atoms with Crippen LogP contribution in [0.2, 0.25) is 0 Å². The smallest absolute Gasteiger partial charge is 0.164 e. The summed E-state index contributed by atoms with van der Waals surface area (Å²) in [6.07, 6.45) is 4.48. The fraction of sp³-hybridized carbons (Fsp3) is 0. The Hall–Kier alpha value is -9.97. The van der Waals surface area contributed by atoms with E-state index in [0.717, 1.165) is 88.7 Å². The first-order valence-electron chi connectivity index (χ1n) is 24.9. The van der Waals surface area contributed by atoms with Crippen LogP contribution >= 0.6 is 0 Å². The van der Waals surface area contributed by atoms with Crippen molar-refractivity contribution in [3.8, 4) is 50.7 Å². The van der Waals surface area contributed by atoms with Crippen molar-refractivity contribution in [1.29, 1.82) is 0 Å². The highest BCUT2D eigenvalue weighted by atomic mass is 15.0. The van der Waals surface area contributed by atoms with Crippen LogP contribution in [0.15, 0.2) is 274 Å². The van der Waals surface area contributed by atoms with Gasteiger partial charge in [-0.3, -0.25) is 0 Å². The molecule has 0 aliphatic heterocycles. The van der Waals surface area contributed by atoms with Gasteiger partial charge in [-0.25, -0.2) is 15.0 Å². The summed E-state index contributed by atoms with van der Waals surface area (Å²) >= 11 is 0. The monoisotopic (exact) mass is 945 g/mol. The van der Waals surface area contributed by atoms with Gasteiger partial charge in [0.05, 0.1) is 27.8 Å². The summed E-state index contributed by atoms with van der Waals surface area (Å²) in [5, 5.41) is 4.73. The lowest BCUT2D eigenvalue weighted by molar-refractivity contribution is 1.04. The molecule has 0 amide bonds. The number of hydrogen-bond acceptors (Lipinski definition) is 3. The minimum atomic E-state index is 0.485. The van der Waals surface area contributed by atoms with Crippen LogP contribution in [-0.2, 0) is 0 Å². The van der Waals surface area contributed by atoms with E-state index in [9.17, 15) is 0 Å². The van der Waals surface area contributed by atoms with E-state index in [1.54, 1.807) is 0 Å². The Morgan fingerprint density at radius 2 is 0.784 bits per heavy atom. The standard InChI is InChI=1S/C69H47N5/c1-47(67-70-68(54-24-10-4-11-25-54)72-69(71-67)55-26-12-5-13-27-55)44-61(53-40-38-52(39-41-53)50-22-8-3-9-23-50)65(45-48-34-36-51(37-35-48)49-20-6-2-7-21-49)74-64-33-19-16-30-59(64)60-43-42-56(46-66(60)74)73-62-31-17-14-28-57(62)58-29-15-18-32-63(58)73/h2-46H,1H2/b61-44-,65-45-. The molecule has 0 radical (unpaired) electrons. The molecular formula is C69H47N5. The van der Waals surface area contributed by atoms with Crippen molar-refractivity contribution in [1.82, 2.24) is 24.1 Å². The highest BCUT2D eigenvalue weighted by Gasteiger charge is 2.22. The molecule has 13 rings (SSSR count). The molecule has 348 valence electrons. The van der Waals surface area contributed by atoms with E-state index in [2.05, 4.69) is 221 Å². The molecular weight excluding hydrogens is 899 g/mol. The Kier molecular flexibility index (Phi) is 11.3. The third-order valence-electron chi connectivity index (χ3n) is 13.9. The number of nitrogens with zero attached hydrogens (tertiary/aromatic N) is 5. The predicted octanol–water partition coefficient (Wildman–Crippen LogP) is 17.5. The molecule has 3 heterocycles. The Balaban J connectivity index is 1.08. The Labute approximate surface area is 429 Å². The van der Waals surface area contributed by atoms with Crippen LogP contribution in [-0.4, -0.2) is 24.1 Å². The molecule has 5 heteroatoms. The van der Waals surface area contributed by atoms with E-state index < -0.39 is 0 Å². The second-order valence-corrected chi connectivity index (χ2v) is 18.5. The van der Waals surface area contributed by atoms with Crippen molar-refractivity contribution in [2.75, 3.05) is 0 Å². The van der Waals surface area contributed by atoms with Gasteiger partial charge in [-0.15, -0.1) is 0 Å². The van der Waals surface area contributed by atoms with Gasteiger partial charge in [-0.05, 0) is 75.9 Å². The lowest BCUT2D eigenvalue weighted by atomic mass is 9.95. The van der Waals surface area contributed by atoms with Gasteiger partial charge in [0.25, 0.3) is 0 Å². The molecule has 13 aromatic rings. The average Bonchev–Trinajstić information content (AvgIpc) is 4.03. The van der Waals surface area contributed by atoms with Crippen molar-refractivity contribution in [3.63, 3.8) is 0 Å². The first-order chi connectivity index (χ1) is 36.6. The molecule has 0 fully saturated rings. The topological polar surface area (TPSA) is 48.5 Å². The van der Waals surface area contributed by atoms with Crippen LogP contribution in [0.4, 0.5) is 0 Å². The maximum Gasteiger partial charge on any atom is 0.164 e. The van der Waals surface area contributed by atoms with Crippen LogP contribution in [0.1, 0.15) is 17.0 Å². The molecule has 0 unspecified atom stereocenters. The summed E-state index contributed by atoms with van der Waals surface area (Å²) in [7, 11) is 0. The van der Waals surface area contributed by atoms with E-state index in [0.29, 0.717) is 23.0 Å². The van der Waals surface area contributed by atoms with Crippen molar-refractivity contribution < 1.29 is 0 Å². The number of aromatic nitrogens is 5. The van der Waals surface area contributed by atoms with E-state index in [-0.39, 0.29) is 0 Å². The highest BCUT2D eigenvalue weighted by Crippen LogP contribution is 2.42. The molecule has 0 saturated heterocycles. The molecule has 74 heavy (non-hydrogen) atoms. The van der Waals surface area contributed by atoms with Crippen molar-refractivity contribution in [2.45, 2.75) is 0 Å². The van der Waals surface area contributed by atoms with Crippen molar-refractivity contribution in [3.05, 3.63) is 290 Å². The lowest BCUT2D eigenvalue weighted by Gasteiger charge is -2.19. The molecule has 0 spiro atoms. The van der Waals surface area contributed by atoms with Gasteiger partial charge in [0.2, 0.25) is 0 Å². The SMILES string of the molecule is C=C(/C=C(\C(=C\c1ccc(-c2ccccc2)cc1)n1c2ccccc2c2ccc(-n3c4ccccc4c4ccccc43)cc21)c1ccc(-c2ccccc2)cc1)c1nc(-c2ccccc2)nc(-c2ccccc2)n1. The van der Waals surface area contributed by atoms with E-state index in [4.69, 9.17) is 21.5 Å². The number of benzene rings is 10. The molecule has 0 atom stereocenters.